The van der Waals surface area contributed by atoms with Gasteiger partial charge in [-0.05, 0) is 38.0 Å². The van der Waals surface area contributed by atoms with E-state index in [9.17, 15) is 0 Å². The number of hydrogen-bond donors (Lipinski definition) is 1. The quantitative estimate of drug-likeness (QED) is 0.920. The monoisotopic (exact) mass is 307 g/mol. The molecule has 21 heavy (non-hydrogen) atoms. The third kappa shape index (κ3) is 3.06. The lowest BCUT2D eigenvalue weighted by molar-refractivity contribution is 0.401. The number of aromatic nitrogens is 2. The fraction of sp³-hybridized carbons (Fsp3) is 0.438. The molecule has 1 aromatic carbocycles. The molecule has 2 unspecified atom stereocenters. The molecule has 0 aliphatic carbocycles. The molecular formula is C16H22ClN3O. The fourth-order valence-electron chi connectivity index (χ4n) is 2.53. The van der Waals surface area contributed by atoms with E-state index in [-0.39, 0.29) is 12.1 Å². The Bertz CT molecular complexity index is 624. The highest BCUT2D eigenvalue weighted by Gasteiger charge is 2.25. The normalized spacial score (nSPS) is 14.0. The third-order valence-electron chi connectivity index (χ3n) is 3.81. The molecule has 0 radical (unpaired) electrons. The Morgan fingerprint density at radius 2 is 2.10 bits per heavy atom. The van der Waals surface area contributed by atoms with Crippen molar-refractivity contribution in [3.8, 4) is 5.75 Å². The lowest BCUT2D eigenvalue weighted by atomic mass is 9.97. The third-order valence-corrected chi connectivity index (χ3v) is 4.36. The van der Waals surface area contributed by atoms with Gasteiger partial charge in [0.1, 0.15) is 5.75 Å². The summed E-state index contributed by atoms with van der Waals surface area (Å²) >= 11 is 6.29. The highest BCUT2D eigenvalue weighted by molar-refractivity contribution is 6.31. The predicted molar refractivity (Wildman–Crippen MR) is 86.1 cm³/mol. The molecule has 114 valence electrons. The van der Waals surface area contributed by atoms with Gasteiger partial charge in [0.15, 0.2) is 0 Å². The largest absolute Gasteiger partial charge is 0.497 e. The maximum atomic E-state index is 6.36. The molecule has 1 aromatic heterocycles. The minimum absolute atomic E-state index is 0.0498. The van der Waals surface area contributed by atoms with Gasteiger partial charge in [-0.1, -0.05) is 30.7 Å². The fourth-order valence-corrected chi connectivity index (χ4v) is 2.66. The summed E-state index contributed by atoms with van der Waals surface area (Å²) in [6.07, 6.45) is 0.845. The molecule has 0 fully saturated rings. The van der Waals surface area contributed by atoms with Crippen LogP contribution in [0.4, 0.5) is 0 Å². The molecule has 0 amide bonds. The first-order valence-electron chi connectivity index (χ1n) is 7.10. The van der Waals surface area contributed by atoms with E-state index >= 15 is 0 Å². The van der Waals surface area contributed by atoms with E-state index in [4.69, 9.17) is 22.1 Å². The van der Waals surface area contributed by atoms with Crippen LogP contribution >= 0.6 is 11.6 Å². The first-order chi connectivity index (χ1) is 9.99. The van der Waals surface area contributed by atoms with Gasteiger partial charge in [-0.15, -0.1) is 0 Å². The van der Waals surface area contributed by atoms with Crippen LogP contribution in [0.1, 0.15) is 36.3 Å². The Balaban J connectivity index is 2.55. The number of ether oxygens (including phenoxy) is 1. The summed E-state index contributed by atoms with van der Waals surface area (Å²) in [6.45, 7) is 5.95. The maximum Gasteiger partial charge on any atom is 0.119 e. The summed E-state index contributed by atoms with van der Waals surface area (Å²) in [5.74, 6) is 0.813. The van der Waals surface area contributed by atoms with Crippen molar-refractivity contribution >= 4 is 11.6 Å². The van der Waals surface area contributed by atoms with Gasteiger partial charge in [0, 0.05) is 6.04 Å². The lowest BCUT2D eigenvalue weighted by Gasteiger charge is -2.25. The van der Waals surface area contributed by atoms with Crippen molar-refractivity contribution in [2.24, 2.45) is 5.73 Å². The smallest absolute Gasteiger partial charge is 0.119 e. The van der Waals surface area contributed by atoms with Gasteiger partial charge in [-0.2, -0.15) is 5.10 Å². The van der Waals surface area contributed by atoms with E-state index in [0.29, 0.717) is 5.02 Å². The lowest BCUT2D eigenvalue weighted by Crippen LogP contribution is -2.33. The summed E-state index contributed by atoms with van der Waals surface area (Å²) in [5.41, 5.74) is 9.19. The van der Waals surface area contributed by atoms with Crippen LogP contribution in [-0.2, 0) is 0 Å². The van der Waals surface area contributed by atoms with Crippen LogP contribution in [0.2, 0.25) is 5.02 Å². The number of nitrogens with zero attached hydrogens (tertiary/aromatic N) is 2. The molecule has 4 nitrogen and oxygen atoms in total. The van der Waals surface area contributed by atoms with Crippen LogP contribution in [0.25, 0.3) is 0 Å². The number of halogens is 1. The Labute approximate surface area is 130 Å². The van der Waals surface area contributed by atoms with Crippen molar-refractivity contribution in [3.05, 3.63) is 46.2 Å². The average Bonchev–Trinajstić information content (AvgIpc) is 2.75. The van der Waals surface area contributed by atoms with E-state index in [0.717, 1.165) is 29.1 Å². The van der Waals surface area contributed by atoms with Crippen LogP contribution < -0.4 is 10.5 Å². The molecule has 0 saturated carbocycles. The van der Waals surface area contributed by atoms with E-state index < -0.39 is 0 Å². The van der Waals surface area contributed by atoms with Crippen molar-refractivity contribution in [2.75, 3.05) is 7.11 Å². The van der Waals surface area contributed by atoms with Gasteiger partial charge in [-0.25, -0.2) is 0 Å². The van der Waals surface area contributed by atoms with E-state index in [1.165, 1.54) is 0 Å². The molecule has 2 aromatic rings. The minimum Gasteiger partial charge on any atom is -0.497 e. The average molecular weight is 308 g/mol. The summed E-state index contributed by atoms with van der Waals surface area (Å²) in [6, 6.07) is 7.84. The van der Waals surface area contributed by atoms with Crippen molar-refractivity contribution in [3.63, 3.8) is 0 Å². The minimum atomic E-state index is -0.0590. The van der Waals surface area contributed by atoms with Crippen LogP contribution in [0.5, 0.6) is 5.75 Å². The SMILES string of the molecule is CCC(N)C(c1cccc(OC)c1)n1nc(C)c(Cl)c1C. The van der Waals surface area contributed by atoms with Crippen molar-refractivity contribution in [2.45, 2.75) is 39.3 Å². The molecule has 2 N–H and O–H groups in total. The van der Waals surface area contributed by atoms with Crippen molar-refractivity contribution in [1.29, 1.82) is 0 Å². The second-order valence-electron chi connectivity index (χ2n) is 5.22. The zero-order valence-electron chi connectivity index (χ0n) is 12.9. The number of aryl methyl sites for hydroxylation is 1. The van der Waals surface area contributed by atoms with Gasteiger partial charge >= 0.3 is 0 Å². The Morgan fingerprint density at radius 1 is 1.38 bits per heavy atom. The molecule has 0 aliphatic heterocycles. The highest BCUT2D eigenvalue weighted by Crippen LogP contribution is 2.30. The first-order valence-corrected chi connectivity index (χ1v) is 7.48. The zero-order chi connectivity index (χ0) is 15.6. The van der Waals surface area contributed by atoms with Crippen molar-refractivity contribution in [1.82, 2.24) is 9.78 Å². The number of methoxy groups -OCH3 is 1. The summed E-state index contributed by atoms with van der Waals surface area (Å²) in [4.78, 5) is 0. The van der Waals surface area contributed by atoms with Crippen LogP contribution in [0, 0.1) is 13.8 Å². The highest BCUT2D eigenvalue weighted by atomic mass is 35.5. The Kier molecular flexibility index (Phi) is 4.91. The molecule has 2 atom stereocenters. The molecule has 0 bridgehead atoms. The van der Waals surface area contributed by atoms with Crippen LogP contribution in [0.15, 0.2) is 24.3 Å². The van der Waals surface area contributed by atoms with Gasteiger partial charge in [-0.3, -0.25) is 4.68 Å². The molecule has 1 heterocycles. The second-order valence-corrected chi connectivity index (χ2v) is 5.60. The molecular weight excluding hydrogens is 286 g/mol. The molecule has 0 saturated heterocycles. The Hall–Kier alpha value is -1.52. The van der Waals surface area contributed by atoms with E-state index in [2.05, 4.69) is 12.0 Å². The van der Waals surface area contributed by atoms with E-state index in [1.54, 1.807) is 7.11 Å². The second kappa shape index (κ2) is 6.50. The number of rotatable bonds is 5. The molecule has 0 spiro atoms. The molecule has 2 rings (SSSR count). The van der Waals surface area contributed by atoms with Crippen molar-refractivity contribution < 1.29 is 4.74 Å². The van der Waals surface area contributed by atoms with Gasteiger partial charge in [0.2, 0.25) is 0 Å². The summed E-state index contributed by atoms with van der Waals surface area (Å²) in [7, 11) is 1.66. The van der Waals surface area contributed by atoms with Crippen LogP contribution in [-0.4, -0.2) is 22.9 Å². The topological polar surface area (TPSA) is 53.1 Å². The van der Waals surface area contributed by atoms with Gasteiger partial charge < -0.3 is 10.5 Å². The number of nitrogens with two attached hydrogens (primary N) is 1. The number of hydrogen-bond acceptors (Lipinski definition) is 3. The first kappa shape index (κ1) is 15.9. The summed E-state index contributed by atoms with van der Waals surface area (Å²) < 4.78 is 7.25. The summed E-state index contributed by atoms with van der Waals surface area (Å²) in [5, 5.41) is 5.28. The Morgan fingerprint density at radius 3 is 2.62 bits per heavy atom. The maximum absolute atomic E-state index is 6.36. The van der Waals surface area contributed by atoms with Gasteiger partial charge in [0.05, 0.1) is 29.6 Å². The predicted octanol–water partition coefficient (Wildman–Crippen LogP) is 3.49. The van der Waals surface area contributed by atoms with Gasteiger partial charge in [0.25, 0.3) is 0 Å². The van der Waals surface area contributed by atoms with Crippen LogP contribution in [0.3, 0.4) is 0 Å². The standard InChI is InChI=1S/C16H22ClN3O/c1-5-14(18)16(12-7-6-8-13(9-12)21-4)20-11(3)15(17)10(2)19-20/h6-9,14,16H,5,18H2,1-4H3. The molecule has 0 aliphatic rings. The zero-order valence-corrected chi connectivity index (χ0v) is 13.7. The number of benzene rings is 1. The van der Waals surface area contributed by atoms with E-state index in [1.807, 2.05) is 42.8 Å². The molecule has 5 heteroatoms.